The number of para-hydroxylation sites is 1. The summed E-state index contributed by atoms with van der Waals surface area (Å²) in [5.74, 6) is 0.779. The van der Waals surface area contributed by atoms with E-state index in [9.17, 15) is 9.18 Å². The predicted octanol–water partition coefficient (Wildman–Crippen LogP) is 5.26. The number of hydrogen-bond donors (Lipinski definition) is 3. The first-order valence-electron chi connectivity index (χ1n) is 11.3. The first kappa shape index (κ1) is 23.3. The standard InChI is InChI=1S/C25H24BrFN6O2/c1-33-11-9-15(10-12-33)30-25-31-22-18(26)14-28-24(34)21(22)23(32-25)29-16-7-8-20(19(27)13-16)35-17-5-3-2-4-6-17/h2-8,13-15H,9-12H2,1H3,(H,28,34)(H2,29,30,31,32). The van der Waals surface area contributed by atoms with Gasteiger partial charge in [0.25, 0.3) is 5.56 Å². The smallest absolute Gasteiger partial charge is 0.261 e. The van der Waals surface area contributed by atoms with E-state index in [4.69, 9.17) is 4.74 Å². The number of benzene rings is 2. The van der Waals surface area contributed by atoms with Gasteiger partial charge in [-0.3, -0.25) is 4.79 Å². The van der Waals surface area contributed by atoms with Gasteiger partial charge in [-0.25, -0.2) is 9.37 Å². The number of hydrogen-bond acceptors (Lipinski definition) is 7. The Labute approximate surface area is 209 Å². The van der Waals surface area contributed by atoms with Crippen molar-refractivity contribution in [1.29, 1.82) is 0 Å². The summed E-state index contributed by atoms with van der Waals surface area (Å²) in [5.41, 5.74) is 0.541. The van der Waals surface area contributed by atoms with Gasteiger partial charge in [-0.1, -0.05) is 18.2 Å². The molecular formula is C25H24BrFN6O2. The van der Waals surface area contributed by atoms with Crippen LogP contribution >= 0.6 is 15.9 Å². The zero-order chi connectivity index (χ0) is 24.4. The summed E-state index contributed by atoms with van der Waals surface area (Å²) in [4.78, 5) is 26.8. The number of halogens is 2. The van der Waals surface area contributed by atoms with Crippen molar-refractivity contribution in [2.45, 2.75) is 18.9 Å². The van der Waals surface area contributed by atoms with Crippen molar-refractivity contribution in [2.24, 2.45) is 0 Å². The van der Waals surface area contributed by atoms with E-state index in [0.29, 0.717) is 27.4 Å². The molecule has 0 radical (unpaired) electrons. The van der Waals surface area contributed by atoms with E-state index < -0.39 is 5.82 Å². The van der Waals surface area contributed by atoms with Gasteiger partial charge in [-0.2, -0.15) is 4.98 Å². The van der Waals surface area contributed by atoms with Gasteiger partial charge in [0.05, 0.1) is 9.99 Å². The number of likely N-dealkylation sites (tertiary alicyclic amines) is 1. The third-order valence-corrected chi connectivity index (χ3v) is 6.51. The minimum absolute atomic E-state index is 0.0968. The van der Waals surface area contributed by atoms with Gasteiger partial charge >= 0.3 is 0 Å². The van der Waals surface area contributed by atoms with Gasteiger partial charge in [0.15, 0.2) is 11.6 Å². The van der Waals surface area contributed by atoms with Crippen LogP contribution < -0.4 is 20.9 Å². The molecule has 3 heterocycles. The summed E-state index contributed by atoms with van der Waals surface area (Å²) in [6.07, 6.45) is 3.48. The van der Waals surface area contributed by atoms with Crippen molar-refractivity contribution in [3.05, 3.63) is 75.4 Å². The fraction of sp³-hybridized carbons (Fsp3) is 0.240. The largest absolute Gasteiger partial charge is 0.454 e. The Morgan fingerprint density at radius 1 is 1.14 bits per heavy atom. The normalized spacial score (nSPS) is 14.7. The predicted molar refractivity (Wildman–Crippen MR) is 138 cm³/mol. The lowest BCUT2D eigenvalue weighted by Crippen LogP contribution is -2.37. The number of pyridine rings is 1. The Balaban J connectivity index is 1.46. The SMILES string of the molecule is CN1CCC(Nc2nc(Nc3ccc(Oc4ccccc4)c(F)c3)c3c(=O)[nH]cc(Br)c3n2)CC1. The number of aromatic nitrogens is 3. The first-order valence-corrected chi connectivity index (χ1v) is 12.1. The molecule has 1 aliphatic heterocycles. The van der Waals surface area contributed by atoms with Crippen LogP contribution in [0.15, 0.2) is 64.0 Å². The van der Waals surface area contributed by atoms with E-state index in [1.165, 1.54) is 12.1 Å². The Bertz CT molecular complexity index is 1410. The number of ether oxygens (including phenoxy) is 1. The third kappa shape index (κ3) is 5.28. The third-order valence-electron chi connectivity index (χ3n) is 5.91. The quantitative estimate of drug-likeness (QED) is 0.308. The molecule has 2 aromatic heterocycles. The second kappa shape index (κ2) is 10.0. The molecule has 8 nitrogen and oxygen atoms in total. The van der Waals surface area contributed by atoms with Crippen molar-refractivity contribution in [2.75, 3.05) is 30.8 Å². The van der Waals surface area contributed by atoms with Gasteiger partial charge in [0, 0.05) is 24.0 Å². The number of aromatic amines is 1. The summed E-state index contributed by atoms with van der Waals surface area (Å²) in [7, 11) is 2.10. The van der Waals surface area contributed by atoms with E-state index in [2.05, 4.69) is 53.5 Å². The fourth-order valence-corrected chi connectivity index (χ4v) is 4.42. The highest BCUT2D eigenvalue weighted by atomic mass is 79.9. The number of nitrogens with zero attached hydrogens (tertiary/aromatic N) is 3. The van der Waals surface area contributed by atoms with Crippen LogP contribution in [0.3, 0.4) is 0 Å². The van der Waals surface area contributed by atoms with E-state index in [0.717, 1.165) is 25.9 Å². The van der Waals surface area contributed by atoms with Crippen molar-refractivity contribution in [3.8, 4) is 11.5 Å². The minimum Gasteiger partial charge on any atom is -0.454 e. The first-order chi connectivity index (χ1) is 17.0. The van der Waals surface area contributed by atoms with Crippen LogP contribution in [0.25, 0.3) is 10.9 Å². The zero-order valence-electron chi connectivity index (χ0n) is 19.0. The van der Waals surface area contributed by atoms with E-state index in [1.807, 2.05) is 18.2 Å². The van der Waals surface area contributed by atoms with Crippen molar-refractivity contribution >= 4 is 44.3 Å². The number of fused-ring (bicyclic) bond motifs is 1. The average molecular weight is 539 g/mol. The van der Waals surface area contributed by atoms with Gasteiger partial charge < -0.3 is 25.3 Å². The minimum atomic E-state index is -0.544. The molecule has 0 amide bonds. The molecule has 3 N–H and O–H groups in total. The Hall–Kier alpha value is -3.50. The highest BCUT2D eigenvalue weighted by molar-refractivity contribution is 9.10. The molecule has 0 aliphatic carbocycles. The second-order valence-electron chi connectivity index (χ2n) is 8.49. The average Bonchev–Trinajstić information content (AvgIpc) is 2.85. The van der Waals surface area contributed by atoms with Crippen LogP contribution in [-0.4, -0.2) is 46.0 Å². The second-order valence-corrected chi connectivity index (χ2v) is 9.35. The topological polar surface area (TPSA) is 95.2 Å². The highest BCUT2D eigenvalue weighted by Crippen LogP contribution is 2.31. The van der Waals surface area contributed by atoms with E-state index in [1.54, 1.807) is 24.4 Å². The van der Waals surface area contributed by atoms with E-state index in [-0.39, 0.29) is 28.6 Å². The maximum absolute atomic E-state index is 14.8. The molecule has 10 heteroatoms. The number of piperidine rings is 1. The summed E-state index contributed by atoms with van der Waals surface area (Å²) >= 11 is 3.47. The van der Waals surface area contributed by atoms with Crippen molar-refractivity contribution < 1.29 is 9.13 Å². The highest BCUT2D eigenvalue weighted by Gasteiger charge is 2.20. The zero-order valence-corrected chi connectivity index (χ0v) is 20.6. The van der Waals surface area contributed by atoms with Crippen molar-refractivity contribution in [1.82, 2.24) is 19.9 Å². The molecule has 1 aliphatic rings. The van der Waals surface area contributed by atoms with Crippen molar-refractivity contribution in [3.63, 3.8) is 0 Å². The number of nitrogens with one attached hydrogen (secondary N) is 3. The lowest BCUT2D eigenvalue weighted by Gasteiger charge is -2.29. The van der Waals surface area contributed by atoms with Gasteiger partial charge in [-0.05, 0) is 73.2 Å². The molecule has 180 valence electrons. The van der Waals surface area contributed by atoms with Gasteiger partial charge in [0.2, 0.25) is 5.95 Å². The molecule has 0 saturated carbocycles. The monoisotopic (exact) mass is 538 g/mol. The van der Waals surface area contributed by atoms with Gasteiger partial charge in [-0.15, -0.1) is 0 Å². The molecule has 1 saturated heterocycles. The summed E-state index contributed by atoms with van der Waals surface area (Å²) in [6, 6.07) is 13.7. The molecule has 1 fully saturated rings. The molecule has 0 spiro atoms. The molecule has 2 aromatic carbocycles. The fourth-order valence-electron chi connectivity index (χ4n) is 4.02. The van der Waals surface area contributed by atoms with Crippen LogP contribution in [-0.2, 0) is 0 Å². The summed E-state index contributed by atoms with van der Waals surface area (Å²) < 4.78 is 21.1. The van der Waals surface area contributed by atoms with Crippen LogP contribution in [0.5, 0.6) is 11.5 Å². The van der Waals surface area contributed by atoms with Crippen LogP contribution in [0.1, 0.15) is 12.8 Å². The van der Waals surface area contributed by atoms with Gasteiger partial charge in [0.1, 0.15) is 17.0 Å². The molecule has 5 rings (SSSR count). The Morgan fingerprint density at radius 3 is 2.66 bits per heavy atom. The molecule has 4 aromatic rings. The molecule has 35 heavy (non-hydrogen) atoms. The molecule has 0 unspecified atom stereocenters. The maximum atomic E-state index is 14.8. The Kier molecular flexibility index (Phi) is 6.65. The Morgan fingerprint density at radius 2 is 1.91 bits per heavy atom. The van der Waals surface area contributed by atoms with E-state index >= 15 is 0 Å². The maximum Gasteiger partial charge on any atom is 0.261 e. The lowest BCUT2D eigenvalue weighted by molar-refractivity contribution is 0.263. The number of H-pyrrole nitrogens is 1. The number of anilines is 3. The summed E-state index contributed by atoms with van der Waals surface area (Å²) in [5, 5.41) is 6.77. The number of rotatable bonds is 6. The lowest BCUT2D eigenvalue weighted by atomic mass is 10.1. The van der Waals surface area contributed by atoms with Crippen LogP contribution in [0.2, 0.25) is 0 Å². The molecular weight excluding hydrogens is 515 g/mol. The molecule has 0 bridgehead atoms. The van der Waals surface area contributed by atoms with Crippen LogP contribution in [0, 0.1) is 5.82 Å². The molecule has 0 atom stereocenters. The summed E-state index contributed by atoms with van der Waals surface area (Å²) in [6.45, 7) is 1.97. The van der Waals surface area contributed by atoms with Crippen LogP contribution in [0.4, 0.5) is 21.8 Å².